The van der Waals surface area contributed by atoms with Crippen LogP contribution in [-0.2, 0) is 11.8 Å². The van der Waals surface area contributed by atoms with Crippen LogP contribution < -0.4 is 5.56 Å². The molecule has 1 fully saturated rings. The number of aromatic nitrogens is 4. The van der Waals surface area contributed by atoms with Gasteiger partial charge in [0.25, 0.3) is 5.56 Å². The molecule has 2 aromatic heterocycles. The highest BCUT2D eigenvalue weighted by Gasteiger charge is 2.28. The Kier molecular flexibility index (Phi) is 5.81. The molecule has 1 aliphatic heterocycles. The fourth-order valence-corrected chi connectivity index (χ4v) is 4.90. The van der Waals surface area contributed by atoms with Gasteiger partial charge in [-0.3, -0.25) is 14.0 Å². The number of piperidine rings is 1. The third-order valence-corrected chi connectivity index (χ3v) is 6.63. The first-order valence-electron chi connectivity index (χ1n) is 12.1. The number of nitrogens with zero attached hydrogens (tertiary/aromatic N) is 5. The third-order valence-electron chi connectivity index (χ3n) is 6.63. The molecule has 188 valence electrons. The lowest BCUT2D eigenvalue weighted by atomic mass is 9.99. The first-order chi connectivity index (χ1) is 17.0. The molecule has 0 aliphatic carbocycles. The molecule has 5 rings (SSSR count). The first kappa shape index (κ1) is 24.0. The van der Waals surface area contributed by atoms with Crippen LogP contribution in [0.15, 0.2) is 41.6 Å². The predicted molar refractivity (Wildman–Crippen MR) is 136 cm³/mol. The Morgan fingerprint density at radius 2 is 1.86 bits per heavy atom. The van der Waals surface area contributed by atoms with Crippen LogP contribution >= 0.6 is 0 Å². The molecule has 0 N–H and O–H groups in total. The Bertz CT molecular complexity index is 1540. The van der Waals surface area contributed by atoms with Crippen LogP contribution in [0.2, 0.25) is 0 Å². The van der Waals surface area contributed by atoms with Crippen molar-refractivity contribution in [2.24, 2.45) is 7.05 Å². The molecule has 0 saturated carbocycles. The topological polar surface area (TPSA) is 82.3 Å². The SMILES string of the molecule is Cc1cc(-c2ccc3c(=O)n(C4CCN(C(=O)OC(C)(C)C)CC4)cnc3c2F)cc2cn(C)nc12. The number of halogens is 1. The van der Waals surface area contributed by atoms with Crippen molar-refractivity contribution in [3.05, 3.63) is 58.5 Å². The van der Waals surface area contributed by atoms with Gasteiger partial charge >= 0.3 is 6.09 Å². The van der Waals surface area contributed by atoms with Crippen LogP contribution in [0.5, 0.6) is 0 Å². The molecule has 1 aliphatic rings. The van der Waals surface area contributed by atoms with Crippen molar-refractivity contribution in [2.75, 3.05) is 13.1 Å². The Morgan fingerprint density at radius 1 is 1.14 bits per heavy atom. The molecule has 1 saturated heterocycles. The van der Waals surface area contributed by atoms with Crippen molar-refractivity contribution >= 4 is 27.9 Å². The average molecular weight is 492 g/mol. The van der Waals surface area contributed by atoms with Gasteiger partial charge in [0, 0.05) is 43.3 Å². The maximum Gasteiger partial charge on any atom is 0.410 e. The van der Waals surface area contributed by atoms with E-state index in [4.69, 9.17) is 4.74 Å². The smallest absolute Gasteiger partial charge is 0.410 e. The van der Waals surface area contributed by atoms with Gasteiger partial charge in [-0.2, -0.15) is 5.10 Å². The number of aryl methyl sites for hydroxylation is 2. The summed E-state index contributed by atoms with van der Waals surface area (Å²) < 4.78 is 24.4. The third kappa shape index (κ3) is 4.34. The number of ether oxygens (including phenoxy) is 1. The molecule has 8 nitrogen and oxygen atoms in total. The second kappa shape index (κ2) is 8.72. The van der Waals surface area contributed by atoms with Crippen molar-refractivity contribution in [1.29, 1.82) is 0 Å². The van der Waals surface area contributed by atoms with Crippen molar-refractivity contribution in [1.82, 2.24) is 24.2 Å². The van der Waals surface area contributed by atoms with Gasteiger partial charge in [0.15, 0.2) is 5.82 Å². The summed E-state index contributed by atoms with van der Waals surface area (Å²) in [4.78, 5) is 31.7. The minimum absolute atomic E-state index is 0.0591. The number of amides is 1. The second-order valence-corrected chi connectivity index (χ2v) is 10.5. The Labute approximate surface area is 208 Å². The largest absolute Gasteiger partial charge is 0.444 e. The van der Waals surface area contributed by atoms with Gasteiger partial charge in [-0.15, -0.1) is 0 Å². The lowest BCUT2D eigenvalue weighted by Crippen LogP contribution is -2.43. The molecular formula is C27H30FN5O3. The summed E-state index contributed by atoms with van der Waals surface area (Å²) in [5.41, 5.74) is 2.16. The summed E-state index contributed by atoms with van der Waals surface area (Å²) in [5, 5.41) is 5.62. The molecule has 0 bridgehead atoms. The fraction of sp³-hybridized carbons (Fsp3) is 0.407. The Balaban J connectivity index is 1.43. The zero-order chi connectivity index (χ0) is 25.8. The number of fused-ring (bicyclic) bond motifs is 2. The highest BCUT2D eigenvalue weighted by molar-refractivity contribution is 5.90. The molecule has 2 aromatic carbocycles. The van der Waals surface area contributed by atoms with Crippen molar-refractivity contribution < 1.29 is 13.9 Å². The van der Waals surface area contributed by atoms with Gasteiger partial charge in [-0.1, -0.05) is 6.07 Å². The molecule has 3 heterocycles. The van der Waals surface area contributed by atoms with Crippen molar-refractivity contribution in [3.8, 4) is 11.1 Å². The van der Waals surface area contributed by atoms with E-state index in [9.17, 15) is 9.59 Å². The van der Waals surface area contributed by atoms with Crippen LogP contribution in [0.25, 0.3) is 32.9 Å². The van der Waals surface area contributed by atoms with Gasteiger partial charge < -0.3 is 9.64 Å². The summed E-state index contributed by atoms with van der Waals surface area (Å²) in [6.07, 6.45) is 4.17. The van der Waals surface area contributed by atoms with E-state index < -0.39 is 11.4 Å². The zero-order valence-corrected chi connectivity index (χ0v) is 21.2. The van der Waals surface area contributed by atoms with Crippen molar-refractivity contribution in [3.63, 3.8) is 0 Å². The van der Waals surface area contributed by atoms with Gasteiger partial charge in [0.1, 0.15) is 11.1 Å². The Hall–Kier alpha value is -3.75. The molecule has 36 heavy (non-hydrogen) atoms. The second-order valence-electron chi connectivity index (χ2n) is 10.5. The molecule has 0 spiro atoms. The summed E-state index contributed by atoms with van der Waals surface area (Å²) in [5.74, 6) is -0.515. The van der Waals surface area contributed by atoms with E-state index in [0.29, 0.717) is 37.1 Å². The number of carbonyl (C=O) groups is 1. The van der Waals surface area contributed by atoms with Gasteiger partial charge in [-0.25, -0.2) is 14.2 Å². The quantitative estimate of drug-likeness (QED) is 0.395. The normalized spacial score (nSPS) is 15.1. The summed E-state index contributed by atoms with van der Waals surface area (Å²) in [7, 11) is 1.85. The number of rotatable bonds is 2. The minimum atomic E-state index is -0.557. The molecule has 0 atom stereocenters. The van der Waals surface area contributed by atoms with E-state index in [0.717, 1.165) is 16.5 Å². The number of hydrogen-bond acceptors (Lipinski definition) is 5. The van der Waals surface area contributed by atoms with E-state index in [-0.39, 0.29) is 28.6 Å². The monoisotopic (exact) mass is 491 g/mol. The molecule has 9 heteroatoms. The molecule has 1 amide bonds. The van der Waals surface area contributed by atoms with Crippen LogP contribution in [0.4, 0.5) is 9.18 Å². The maximum absolute atomic E-state index is 15.6. The van der Waals surface area contributed by atoms with Crippen LogP contribution in [0.1, 0.15) is 45.2 Å². The van der Waals surface area contributed by atoms with E-state index >= 15 is 4.39 Å². The van der Waals surface area contributed by atoms with Crippen LogP contribution in [-0.4, -0.2) is 49.0 Å². The number of hydrogen-bond donors (Lipinski definition) is 0. The van der Waals surface area contributed by atoms with Gasteiger partial charge in [0.2, 0.25) is 0 Å². The maximum atomic E-state index is 15.6. The zero-order valence-electron chi connectivity index (χ0n) is 21.2. The lowest BCUT2D eigenvalue weighted by molar-refractivity contribution is 0.0187. The van der Waals surface area contributed by atoms with Crippen LogP contribution in [0.3, 0.4) is 0 Å². The first-order valence-corrected chi connectivity index (χ1v) is 12.1. The summed E-state index contributed by atoms with van der Waals surface area (Å²) in [6, 6.07) is 6.98. The summed E-state index contributed by atoms with van der Waals surface area (Å²) >= 11 is 0. The molecule has 0 radical (unpaired) electrons. The average Bonchev–Trinajstić information content (AvgIpc) is 3.20. The number of carbonyl (C=O) groups excluding carboxylic acids is 1. The van der Waals surface area contributed by atoms with Gasteiger partial charge in [-0.05, 0) is 69.9 Å². The van der Waals surface area contributed by atoms with E-state index in [2.05, 4.69) is 10.1 Å². The highest BCUT2D eigenvalue weighted by atomic mass is 19.1. The highest BCUT2D eigenvalue weighted by Crippen LogP contribution is 2.31. The predicted octanol–water partition coefficient (Wildman–Crippen LogP) is 4.97. The molecule has 0 unspecified atom stereocenters. The lowest BCUT2D eigenvalue weighted by Gasteiger charge is -2.34. The van der Waals surface area contributed by atoms with Gasteiger partial charge in [0.05, 0.1) is 17.2 Å². The van der Waals surface area contributed by atoms with E-state index in [1.807, 2.05) is 53.1 Å². The van der Waals surface area contributed by atoms with E-state index in [1.54, 1.807) is 26.3 Å². The number of likely N-dealkylation sites (tertiary alicyclic amines) is 1. The molecule has 4 aromatic rings. The summed E-state index contributed by atoms with van der Waals surface area (Å²) in [6.45, 7) is 8.41. The standard InChI is InChI=1S/C27H30FN5O3/c1-16-12-17(13-18-14-31(5)30-23(16)18)20-6-7-21-24(22(20)28)29-15-33(25(21)34)19-8-10-32(11-9-19)26(35)36-27(2,3)4/h6-7,12-15,19H,8-11H2,1-5H3. The minimum Gasteiger partial charge on any atom is -0.444 e. The van der Waals surface area contributed by atoms with Crippen molar-refractivity contribution in [2.45, 2.75) is 52.2 Å². The van der Waals surface area contributed by atoms with E-state index in [1.165, 1.54) is 6.33 Å². The number of benzene rings is 2. The Morgan fingerprint density at radius 3 is 2.56 bits per heavy atom. The fourth-order valence-electron chi connectivity index (χ4n) is 4.90. The van der Waals surface area contributed by atoms with Crippen LogP contribution in [0, 0.1) is 12.7 Å². The molecular weight excluding hydrogens is 461 g/mol.